The molecule has 30 heavy (non-hydrogen) atoms. The summed E-state index contributed by atoms with van der Waals surface area (Å²) >= 11 is 3.41. The zero-order valence-electron chi connectivity index (χ0n) is 17.3. The van der Waals surface area contributed by atoms with Gasteiger partial charge in [0.15, 0.2) is 6.61 Å². The molecule has 1 N–H and O–H groups in total. The first-order chi connectivity index (χ1) is 14.3. The van der Waals surface area contributed by atoms with Crippen LogP contribution in [0.4, 0.5) is 11.4 Å². The number of amides is 2. The molecule has 2 aromatic rings. The molecule has 0 bridgehead atoms. The molecule has 1 aliphatic heterocycles. The maximum absolute atomic E-state index is 12.4. The van der Waals surface area contributed by atoms with Crippen molar-refractivity contribution in [2.75, 3.05) is 23.4 Å². The number of hydrogen-bond acceptors (Lipinski definition) is 4. The molecule has 1 heterocycles. The summed E-state index contributed by atoms with van der Waals surface area (Å²) in [6.45, 7) is 5.81. The maximum Gasteiger partial charge on any atom is 0.311 e. The van der Waals surface area contributed by atoms with E-state index in [0.29, 0.717) is 5.69 Å². The van der Waals surface area contributed by atoms with Crippen molar-refractivity contribution in [3.8, 4) is 0 Å². The van der Waals surface area contributed by atoms with Gasteiger partial charge in [-0.25, -0.2) is 0 Å². The van der Waals surface area contributed by atoms with Gasteiger partial charge in [-0.05, 0) is 55.7 Å². The second kappa shape index (κ2) is 9.43. The Morgan fingerprint density at radius 1 is 1.20 bits per heavy atom. The highest BCUT2D eigenvalue weighted by atomic mass is 79.9. The lowest BCUT2D eigenvalue weighted by Crippen LogP contribution is -2.28. The van der Waals surface area contributed by atoms with Crippen LogP contribution in [0.1, 0.15) is 30.0 Å². The molecule has 3 rings (SSSR count). The third kappa shape index (κ3) is 5.08. The maximum atomic E-state index is 12.4. The molecular weight excluding hydrogens is 448 g/mol. The predicted octanol–water partition coefficient (Wildman–Crippen LogP) is 4.16. The molecule has 1 atom stereocenters. The summed E-state index contributed by atoms with van der Waals surface area (Å²) in [6, 6.07) is 11.4. The zero-order valence-corrected chi connectivity index (χ0v) is 18.9. The molecule has 1 aliphatic rings. The van der Waals surface area contributed by atoms with Gasteiger partial charge >= 0.3 is 5.97 Å². The van der Waals surface area contributed by atoms with Gasteiger partial charge in [0, 0.05) is 28.8 Å². The van der Waals surface area contributed by atoms with Crippen molar-refractivity contribution in [1.29, 1.82) is 0 Å². The van der Waals surface area contributed by atoms with E-state index in [2.05, 4.69) is 21.2 Å². The monoisotopic (exact) mass is 472 g/mol. The van der Waals surface area contributed by atoms with E-state index in [0.717, 1.165) is 33.3 Å². The van der Waals surface area contributed by atoms with E-state index < -0.39 is 17.8 Å². The van der Waals surface area contributed by atoms with E-state index in [1.54, 1.807) is 11.0 Å². The molecule has 1 fully saturated rings. The molecule has 0 spiro atoms. The van der Waals surface area contributed by atoms with Crippen LogP contribution in [-0.2, 0) is 25.5 Å². The number of ether oxygens (including phenoxy) is 1. The van der Waals surface area contributed by atoms with E-state index in [1.165, 1.54) is 0 Å². The summed E-state index contributed by atoms with van der Waals surface area (Å²) < 4.78 is 6.13. The molecule has 0 aliphatic carbocycles. The van der Waals surface area contributed by atoms with Gasteiger partial charge in [0.25, 0.3) is 5.91 Å². The fourth-order valence-corrected chi connectivity index (χ4v) is 4.03. The Labute approximate surface area is 184 Å². The highest BCUT2D eigenvalue weighted by Gasteiger charge is 2.36. The number of rotatable bonds is 6. The van der Waals surface area contributed by atoms with E-state index in [1.807, 2.05) is 51.1 Å². The Kier molecular flexibility index (Phi) is 6.92. The third-order valence-corrected chi connectivity index (χ3v) is 5.66. The average Bonchev–Trinajstić information content (AvgIpc) is 3.09. The quantitative estimate of drug-likeness (QED) is 0.640. The molecular formula is C23H25BrN2O4. The van der Waals surface area contributed by atoms with Gasteiger partial charge in [-0.15, -0.1) is 0 Å². The Hall–Kier alpha value is -2.67. The van der Waals surface area contributed by atoms with Crippen LogP contribution < -0.4 is 10.2 Å². The van der Waals surface area contributed by atoms with Crippen LogP contribution in [0.5, 0.6) is 0 Å². The standard InChI is InChI=1S/C23H25BrN2O4/c1-4-16-10-18(24)6-7-19(16)25-21(27)13-30-23(29)17-11-22(28)26(12-17)20-8-5-14(2)9-15(20)3/h5-10,17H,4,11-13H2,1-3H3,(H,25,27)/t17-/m0/s1. The van der Waals surface area contributed by atoms with Gasteiger partial charge < -0.3 is 15.0 Å². The SMILES string of the molecule is CCc1cc(Br)ccc1NC(=O)COC(=O)[C@H]1CC(=O)N(c2ccc(C)cc2C)C1. The highest BCUT2D eigenvalue weighted by molar-refractivity contribution is 9.10. The Morgan fingerprint density at radius 2 is 1.97 bits per heavy atom. The van der Waals surface area contributed by atoms with E-state index in [4.69, 9.17) is 4.74 Å². The minimum atomic E-state index is -0.579. The number of esters is 1. The average molecular weight is 473 g/mol. The fraction of sp³-hybridized carbons (Fsp3) is 0.348. The van der Waals surface area contributed by atoms with Crippen LogP contribution in [0.2, 0.25) is 0 Å². The smallest absolute Gasteiger partial charge is 0.311 e. The lowest BCUT2D eigenvalue weighted by molar-refractivity contribution is -0.151. The van der Waals surface area contributed by atoms with Crippen LogP contribution in [0.3, 0.4) is 0 Å². The van der Waals surface area contributed by atoms with Gasteiger partial charge in [0.2, 0.25) is 5.91 Å². The number of carbonyl (C=O) groups excluding carboxylic acids is 3. The number of nitrogens with one attached hydrogen (secondary N) is 1. The molecule has 2 amide bonds. The molecule has 1 saturated heterocycles. The summed E-state index contributed by atoms with van der Waals surface area (Å²) in [5.41, 5.74) is 4.58. The molecule has 0 unspecified atom stereocenters. The number of anilines is 2. The van der Waals surface area contributed by atoms with Crippen molar-refractivity contribution in [3.63, 3.8) is 0 Å². The zero-order chi connectivity index (χ0) is 21.8. The van der Waals surface area contributed by atoms with Crippen molar-refractivity contribution < 1.29 is 19.1 Å². The van der Waals surface area contributed by atoms with Gasteiger partial charge in [-0.1, -0.05) is 40.5 Å². The van der Waals surface area contributed by atoms with Crippen LogP contribution >= 0.6 is 15.9 Å². The molecule has 0 saturated carbocycles. The summed E-state index contributed by atoms with van der Waals surface area (Å²) in [5, 5.41) is 2.78. The minimum absolute atomic E-state index is 0.0838. The van der Waals surface area contributed by atoms with Gasteiger partial charge in [0.05, 0.1) is 5.92 Å². The molecule has 0 radical (unpaired) electrons. The topological polar surface area (TPSA) is 75.7 Å². The summed E-state index contributed by atoms with van der Waals surface area (Å²) in [7, 11) is 0. The highest BCUT2D eigenvalue weighted by Crippen LogP contribution is 2.29. The number of halogens is 1. The third-order valence-electron chi connectivity index (χ3n) is 5.17. The fourth-order valence-electron chi connectivity index (χ4n) is 3.62. The largest absolute Gasteiger partial charge is 0.455 e. The molecule has 6 nitrogen and oxygen atoms in total. The Balaban J connectivity index is 1.56. The van der Waals surface area contributed by atoms with Crippen molar-refractivity contribution in [3.05, 3.63) is 57.6 Å². The number of carbonyl (C=O) groups is 3. The summed E-state index contributed by atoms with van der Waals surface area (Å²) in [6.07, 6.45) is 0.841. The first-order valence-electron chi connectivity index (χ1n) is 9.91. The number of aryl methyl sites for hydroxylation is 3. The van der Waals surface area contributed by atoms with Crippen LogP contribution in [0.25, 0.3) is 0 Å². The van der Waals surface area contributed by atoms with Crippen LogP contribution in [0, 0.1) is 19.8 Å². The minimum Gasteiger partial charge on any atom is -0.455 e. The van der Waals surface area contributed by atoms with Crippen molar-refractivity contribution in [2.24, 2.45) is 5.92 Å². The number of nitrogens with zero attached hydrogens (tertiary/aromatic N) is 1. The van der Waals surface area contributed by atoms with Gasteiger partial charge in [-0.3, -0.25) is 14.4 Å². The first-order valence-corrected chi connectivity index (χ1v) is 10.7. The Morgan fingerprint density at radius 3 is 2.67 bits per heavy atom. The molecule has 2 aromatic carbocycles. The van der Waals surface area contributed by atoms with Crippen LogP contribution in [-0.4, -0.2) is 30.9 Å². The molecule has 0 aromatic heterocycles. The van der Waals surface area contributed by atoms with E-state index in [-0.39, 0.29) is 25.5 Å². The van der Waals surface area contributed by atoms with Crippen molar-refractivity contribution in [1.82, 2.24) is 0 Å². The first kappa shape index (κ1) is 22.0. The second-order valence-electron chi connectivity index (χ2n) is 7.51. The summed E-state index contributed by atoms with van der Waals surface area (Å²) in [5.74, 6) is -1.63. The van der Waals surface area contributed by atoms with Gasteiger partial charge in [-0.2, -0.15) is 0 Å². The predicted molar refractivity (Wildman–Crippen MR) is 119 cm³/mol. The lowest BCUT2D eigenvalue weighted by atomic mass is 10.1. The normalized spacial score (nSPS) is 15.9. The number of hydrogen-bond donors (Lipinski definition) is 1. The van der Waals surface area contributed by atoms with E-state index >= 15 is 0 Å². The lowest BCUT2D eigenvalue weighted by Gasteiger charge is -2.19. The summed E-state index contributed by atoms with van der Waals surface area (Å²) in [4.78, 5) is 38.7. The second-order valence-corrected chi connectivity index (χ2v) is 8.42. The molecule has 158 valence electrons. The van der Waals surface area contributed by atoms with Crippen molar-refractivity contribution >= 4 is 45.1 Å². The molecule has 7 heteroatoms. The van der Waals surface area contributed by atoms with E-state index in [9.17, 15) is 14.4 Å². The van der Waals surface area contributed by atoms with Crippen molar-refractivity contribution in [2.45, 2.75) is 33.6 Å². The number of benzene rings is 2. The van der Waals surface area contributed by atoms with Gasteiger partial charge in [0.1, 0.15) is 0 Å². The Bertz CT molecular complexity index is 989. The van der Waals surface area contributed by atoms with Crippen LogP contribution in [0.15, 0.2) is 40.9 Å².